The largest absolute Gasteiger partial charge is 0.390 e. The van der Waals surface area contributed by atoms with Crippen LogP contribution in [0.15, 0.2) is 4.90 Å². The van der Waals surface area contributed by atoms with Crippen LogP contribution in [0.25, 0.3) is 0 Å². The van der Waals surface area contributed by atoms with E-state index in [1.54, 1.807) is 6.92 Å². The minimum absolute atomic E-state index is 0.0641. The molecule has 0 amide bonds. The molecule has 7 heteroatoms. The number of hydrogen-bond donors (Lipinski definition) is 3. The van der Waals surface area contributed by atoms with Crippen LogP contribution in [0.5, 0.6) is 0 Å². The lowest BCUT2D eigenvalue weighted by atomic mass is 10.1. The molecule has 20 heavy (non-hydrogen) atoms. The minimum Gasteiger partial charge on any atom is -0.390 e. The normalized spacial score (nSPS) is 13.6. The van der Waals surface area contributed by atoms with Crippen LogP contribution in [-0.4, -0.2) is 29.8 Å². The molecule has 1 atom stereocenters. The van der Waals surface area contributed by atoms with Crippen molar-refractivity contribution in [2.45, 2.75) is 70.4 Å². The predicted octanol–water partition coefficient (Wildman–Crippen LogP) is 1.85. The molecule has 1 aromatic rings. The molecule has 0 aliphatic heterocycles. The number of hydrogen-bond acceptors (Lipinski definition) is 4. The van der Waals surface area contributed by atoms with Gasteiger partial charge in [0.15, 0.2) is 0 Å². The van der Waals surface area contributed by atoms with Crippen LogP contribution in [0.2, 0.25) is 0 Å². The van der Waals surface area contributed by atoms with Crippen LogP contribution in [0.1, 0.15) is 57.3 Å². The van der Waals surface area contributed by atoms with Crippen molar-refractivity contribution in [3.63, 3.8) is 0 Å². The van der Waals surface area contributed by atoms with Crippen LogP contribution in [0.3, 0.4) is 0 Å². The Kier molecular flexibility index (Phi) is 6.64. The van der Waals surface area contributed by atoms with E-state index in [0.717, 1.165) is 32.1 Å². The lowest BCUT2D eigenvalue weighted by Gasteiger charge is -2.18. The molecule has 1 rings (SSSR count). The molecule has 0 fully saturated rings. The van der Waals surface area contributed by atoms with Crippen molar-refractivity contribution in [2.24, 2.45) is 0 Å². The standard InChI is InChI=1S/C13H25N3O3S/c1-4-6-8-11(7-5-2)16-20(18,19)13-10(3)14-15-12(13)9-17/h11,16-17H,4-9H2,1-3H3,(H,14,15). The van der Waals surface area contributed by atoms with Gasteiger partial charge in [-0.25, -0.2) is 13.1 Å². The van der Waals surface area contributed by atoms with E-state index in [1.807, 2.05) is 6.92 Å². The summed E-state index contributed by atoms with van der Waals surface area (Å²) >= 11 is 0. The topological polar surface area (TPSA) is 95.1 Å². The molecule has 116 valence electrons. The van der Waals surface area contributed by atoms with Gasteiger partial charge in [-0.1, -0.05) is 33.1 Å². The van der Waals surface area contributed by atoms with E-state index in [0.29, 0.717) is 5.69 Å². The third kappa shape index (κ3) is 4.29. The Bertz CT molecular complexity index is 511. The summed E-state index contributed by atoms with van der Waals surface area (Å²) in [5.41, 5.74) is 0.619. The highest BCUT2D eigenvalue weighted by Crippen LogP contribution is 2.19. The predicted molar refractivity (Wildman–Crippen MR) is 77.8 cm³/mol. The zero-order chi connectivity index (χ0) is 15.2. The molecule has 0 spiro atoms. The van der Waals surface area contributed by atoms with Crippen LogP contribution < -0.4 is 4.72 Å². The smallest absolute Gasteiger partial charge is 0.244 e. The average molecular weight is 303 g/mol. The number of aryl methyl sites for hydroxylation is 1. The van der Waals surface area contributed by atoms with Gasteiger partial charge >= 0.3 is 0 Å². The van der Waals surface area contributed by atoms with Gasteiger partial charge in [0.25, 0.3) is 0 Å². The van der Waals surface area contributed by atoms with Crippen molar-refractivity contribution in [3.05, 3.63) is 11.4 Å². The molecule has 0 radical (unpaired) electrons. The molecular formula is C13H25N3O3S. The fourth-order valence-corrected chi connectivity index (χ4v) is 3.93. The van der Waals surface area contributed by atoms with Gasteiger partial charge < -0.3 is 5.11 Å². The Labute approximate surface area is 121 Å². The Morgan fingerprint density at radius 1 is 1.30 bits per heavy atom. The number of unbranched alkanes of at least 4 members (excludes halogenated alkanes) is 1. The van der Waals surface area contributed by atoms with E-state index in [4.69, 9.17) is 0 Å². The molecule has 6 nitrogen and oxygen atoms in total. The number of nitrogens with zero attached hydrogens (tertiary/aromatic N) is 1. The minimum atomic E-state index is -3.65. The van der Waals surface area contributed by atoms with Crippen molar-refractivity contribution in [3.8, 4) is 0 Å². The van der Waals surface area contributed by atoms with Gasteiger partial charge in [0, 0.05) is 6.04 Å². The van der Waals surface area contributed by atoms with Crippen molar-refractivity contribution >= 4 is 10.0 Å². The van der Waals surface area contributed by atoms with E-state index in [-0.39, 0.29) is 16.6 Å². The van der Waals surface area contributed by atoms with Gasteiger partial charge in [-0.05, 0) is 19.8 Å². The maximum Gasteiger partial charge on any atom is 0.244 e. The summed E-state index contributed by atoms with van der Waals surface area (Å²) in [4.78, 5) is 0.0811. The quantitative estimate of drug-likeness (QED) is 0.649. The number of aliphatic hydroxyl groups is 1. The maximum absolute atomic E-state index is 12.5. The van der Waals surface area contributed by atoms with E-state index in [1.165, 1.54) is 0 Å². The van der Waals surface area contributed by atoms with Gasteiger partial charge in [0.1, 0.15) is 10.6 Å². The second-order valence-corrected chi connectivity index (χ2v) is 6.68. The number of nitrogens with one attached hydrogen (secondary N) is 2. The zero-order valence-corrected chi connectivity index (χ0v) is 13.3. The fourth-order valence-electron chi connectivity index (χ4n) is 2.27. The van der Waals surface area contributed by atoms with Gasteiger partial charge in [-0.2, -0.15) is 5.10 Å². The van der Waals surface area contributed by atoms with Crippen molar-refractivity contribution < 1.29 is 13.5 Å². The fraction of sp³-hybridized carbons (Fsp3) is 0.769. The third-order valence-electron chi connectivity index (χ3n) is 3.24. The number of aromatic amines is 1. The SMILES string of the molecule is CCCCC(CCC)NS(=O)(=O)c1c(CO)n[nH]c1C. The van der Waals surface area contributed by atoms with Crippen molar-refractivity contribution in [1.29, 1.82) is 0 Å². The first-order chi connectivity index (χ1) is 9.46. The first-order valence-corrected chi connectivity index (χ1v) is 8.61. The Balaban J connectivity index is 2.94. The van der Waals surface area contributed by atoms with Gasteiger partial charge in [-0.15, -0.1) is 0 Å². The molecular weight excluding hydrogens is 278 g/mol. The van der Waals surface area contributed by atoms with E-state index < -0.39 is 16.6 Å². The second-order valence-electron chi connectivity index (χ2n) is 5.03. The molecule has 1 heterocycles. The first kappa shape index (κ1) is 17.1. The van der Waals surface area contributed by atoms with E-state index >= 15 is 0 Å². The Morgan fingerprint density at radius 2 is 2.00 bits per heavy atom. The molecule has 0 saturated carbocycles. The monoisotopic (exact) mass is 303 g/mol. The Hall–Kier alpha value is -0.920. The number of aromatic nitrogens is 2. The highest BCUT2D eigenvalue weighted by molar-refractivity contribution is 7.89. The zero-order valence-electron chi connectivity index (χ0n) is 12.4. The van der Waals surface area contributed by atoms with Crippen molar-refractivity contribution in [2.75, 3.05) is 0 Å². The molecule has 3 N–H and O–H groups in total. The van der Waals surface area contributed by atoms with Crippen LogP contribution >= 0.6 is 0 Å². The van der Waals surface area contributed by atoms with Gasteiger partial charge in [0.05, 0.1) is 12.3 Å². The molecule has 0 saturated heterocycles. The van der Waals surface area contributed by atoms with E-state index in [2.05, 4.69) is 21.8 Å². The molecule has 0 aliphatic rings. The highest BCUT2D eigenvalue weighted by Gasteiger charge is 2.26. The summed E-state index contributed by atoms with van der Waals surface area (Å²) in [6, 6.07) is -0.0641. The highest BCUT2D eigenvalue weighted by atomic mass is 32.2. The lowest BCUT2D eigenvalue weighted by molar-refractivity contribution is 0.273. The molecule has 0 aromatic carbocycles. The molecule has 0 aliphatic carbocycles. The number of rotatable bonds is 9. The summed E-state index contributed by atoms with van der Waals surface area (Å²) < 4.78 is 27.7. The molecule has 1 aromatic heterocycles. The van der Waals surface area contributed by atoms with Gasteiger partial charge in [0.2, 0.25) is 10.0 Å². The van der Waals surface area contributed by atoms with Crippen molar-refractivity contribution in [1.82, 2.24) is 14.9 Å². The number of H-pyrrole nitrogens is 1. The van der Waals surface area contributed by atoms with Crippen LogP contribution in [0.4, 0.5) is 0 Å². The molecule has 1 unspecified atom stereocenters. The summed E-state index contributed by atoms with van der Waals surface area (Å²) in [5.74, 6) is 0. The number of sulfonamides is 1. The maximum atomic E-state index is 12.5. The Morgan fingerprint density at radius 3 is 2.55 bits per heavy atom. The van der Waals surface area contributed by atoms with Crippen LogP contribution in [-0.2, 0) is 16.6 Å². The second kappa shape index (κ2) is 7.75. The number of aliphatic hydroxyl groups excluding tert-OH is 1. The summed E-state index contributed by atoms with van der Waals surface area (Å²) in [5, 5.41) is 15.6. The average Bonchev–Trinajstić information content (AvgIpc) is 2.78. The third-order valence-corrected chi connectivity index (χ3v) is 4.97. The lowest BCUT2D eigenvalue weighted by Crippen LogP contribution is -2.35. The van der Waals surface area contributed by atoms with E-state index in [9.17, 15) is 13.5 Å². The molecule has 0 bridgehead atoms. The summed E-state index contributed by atoms with van der Waals surface area (Å²) in [7, 11) is -3.65. The first-order valence-electron chi connectivity index (χ1n) is 7.13. The van der Waals surface area contributed by atoms with Crippen LogP contribution in [0, 0.1) is 6.92 Å². The summed E-state index contributed by atoms with van der Waals surface area (Å²) in [6.45, 7) is 5.37. The summed E-state index contributed by atoms with van der Waals surface area (Å²) in [6.07, 6.45) is 4.59. The van der Waals surface area contributed by atoms with Gasteiger partial charge in [-0.3, -0.25) is 5.10 Å².